The number of hydrogen-bond donors (Lipinski definition) is 1. The zero-order chi connectivity index (χ0) is 14.5. The third-order valence-corrected chi connectivity index (χ3v) is 5.03. The molecule has 0 radical (unpaired) electrons. The third-order valence-electron chi connectivity index (χ3n) is 2.70. The van der Waals surface area contributed by atoms with Crippen LogP contribution in [0.4, 0.5) is 0 Å². The highest BCUT2D eigenvalue weighted by Gasteiger charge is 2.16. The van der Waals surface area contributed by atoms with Crippen molar-refractivity contribution < 1.29 is 8.42 Å². The Balaban J connectivity index is 2.84. The molecular weight excluding hydrogens is 280 g/mol. The predicted molar refractivity (Wildman–Crippen MR) is 78.6 cm³/mol. The first-order valence-electron chi connectivity index (χ1n) is 5.90. The summed E-state index contributed by atoms with van der Waals surface area (Å²) in [5.41, 5.74) is 1.16. The summed E-state index contributed by atoms with van der Waals surface area (Å²) < 4.78 is 26.8. The van der Waals surface area contributed by atoms with Gasteiger partial charge in [0.1, 0.15) is 0 Å². The van der Waals surface area contributed by atoms with Gasteiger partial charge in [0.25, 0.3) is 0 Å². The maximum atomic E-state index is 12.1. The number of benzene rings is 1. The molecule has 0 aliphatic rings. The largest absolute Gasteiger partial charge is 0.240 e. The van der Waals surface area contributed by atoms with Crippen molar-refractivity contribution in [2.45, 2.75) is 18.7 Å². The van der Waals surface area contributed by atoms with Crippen molar-refractivity contribution in [2.24, 2.45) is 5.92 Å². The molecule has 19 heavy (non-hydrogen) atoms. The highest BCUT2D eigenvalue weighted by atomic mass is 32.2. The molecule has 1 atom stereocenters. The van der Waals surface area contributed by atoms with Crippen molar-refractivity contribution in [1.29, 1.82) is 5.26 Å². The number of rotatable bonds is 6. The topological polar surface area (TPSA) is 70.0 Å². The fourth-order valence-corrected chi connectivity index (χ4v) is 3.54. The van der Waals surface area contributed by atoms with Crippen LogP contribution in [-0.2, 0) is 10.0 Å². The number of sulfonamides is 1. The smallest absolute Gasteiger partial charge is 0.211 e. The summed E-state index contributed by atoms with van der Waals surface area (Å²) >= 11 is 1.69. The van der Waals surface area contributed by atoms with E-state index >= 15 is 0 Å². The monoisotopic (exact) mass is 298 g/mol. The van der Waals surface area contributed by atoms with Gasteiger partial charge in [0, 0.05) is 6.54 Å². The van der Waals surface area contributed by atoms with Crippen molar-refractivity contribution >= 4 is 21.8 Å². The summed E-state index contributed by atoms with van der Waals surface area (Å²) in [6.45, 7) is 4.15. The minimum atomic E-state index is -3.49. The van der Waals surface area contributed by atoms with E-state index in [0.717, 1.165) is 5.75 Å². The summed E-state index contributed by atoms with van der Waals surface area (Å²) in [5.74, 6) is 1.19. The standard InChI is InChI=1S/C13H18N2O2S2/c1-10(9-18-3)8-15-19(16,17)13-5-4-12(7-14)11(2)6-13/h4-6,10,15H,8-9H2,1-3H3. The molecule has 0 aliphatic heterocycles. The highest BCUT2D eigenvalue weighted by molar-refractivity contribution is 7.98. The maximum Gasteiger partial charge on any atom is 0.240 e. The SMILES string of the molecule is CSCC(C)CNS(=O)(=O)c1ccc(C#N)c(C)c1. The molecule has 0 fully saturated rings. The Morgan fingerprint density at radius 3 is 2.68 bits per heavy atom. The van der Waals surface area contributed by atoms with Gasteiger partial charge in [-0.25, -0.2) is 13.1 Å². The summed E-state index contributed by atoms with van der Waals surface area (Å²) in [6, 6.07) is 6.55. The van der Waals surface area contributed by atoms with Gasteiger partial charge >= 0.3 is 0 Å². The lowest BCUT2D eigenvalue weighted by Gasteiger charge is -2.12. The van der Waals surface area contributed by atoms with Gasteiger partial charge in [0.05, 0.1) is 16.5 Å². The first kappa shape index (κ1) is 16.0. The zero-order valence-corrected chi connectivity index (χ0v) is 12.9. The van der Waals surface area contributed by atoms with Gasteiger partial charge in [0.15, 0.2) is 0 Å². The van der Waals surface area contributed by atoms with Crippen molar-refractivity contribution in [3.05, 3.63) is 29.3 Å². The first-order chi connectivity index (χ1) is 8.90. The van der Waals surface area contributed by atoms with E-state index < -0.39 is 10.0 Å². The number of thioether (sulfide) groups is 1. The van der Waals surface area contributed by atoms with E-state index in [2.05, 4.69) is 4.72 Å². The van der Waals surface area contributed by atoms with Gasteiger partial charge in [-0.05, 0) is 48.6 Å². The molecule has 1 N–H and O–H groups in total. The summed E-state index contributed by atoms with van der Waals surface area (Å²) in [5, 5.41) is 8.83. The molecule has 0 heterocycles. The lowest BCUT2D eigenvalue weighted by Crippen LogP contribution is -2.29. The van der Waals surface area contributed by atoms with Crippen LogP contribution in [-0.4, -0.2) is 27.0 Å². The lowest BCUT2D eigenvalue weighted by molar-refractivity contribution is 0.562. The number of nitrogens with one attached hydrogen (secondary N) is 1. The fraction of sp³-hybridized carbons (Fsp3) is 0.462. The molecule has 6 heteroatoms. The molecule has 104 valence electrons. The molecule has 0 bridgehead atoms. The van der Waals surface area contributed by atoms with E-state index in [9.17, 15) is 8.42 Å². The fourth-order valence-electron chi connectivity index (χ4n) is 1.61. The Kier molecular flexibility index (Phi) is 5.85. The van der Waals surface area contributed by atoms with E-state index in [4.69, 9.17) is 5.26 Å². The van der Waals surface area contributed by atoms with E-state index in [0.29, 0.717) is 17.7 Å². The molecule has 0 amide bonds. The van der Waals surface area contributed by atoms with Crippen molar-refractivity contribution in [3.8, 4) is 6.07 Å². The molecule has 1 aromatic carbocycles. The van der Waals surface area contributed by atoms with Crippen LogP contribution in [0.25, 0.3) is 0 Å². The van der Waals surface area contributed by atoms with Crippen LogP contribution in [0.15, 0.2) is 23.1 Å². The Bertz CT molecular complexity index is 577. The average Bonchev–Trinajstić information content (AvgIpc) is 2.37. The highest BCUT2D eigenvalue weighted by Crippen LogP contribution is 2.15. The van der Waals surface area contributed by atoms with Crippen LogP contribution >= 0.6 is 11.8 Å². The second kappa shape index (κ2) is 6.94. The Morgan fingerprint density at radius 1 is 1.47 bits per heavy atom. The van der Waals surface area contributed by atoms with Crippen molar-refractivity contribution in [1.82, 2.24) is 4.72 Å². The number of nitriles is 1. The summed E-state index contributed by atoms with van der Waals surface area (Å²) in [6.07, 6.45) is 2.00. The van der Waals surface area contributed by atoms with Crippen LogP contribution in [0.2, 0.25) is 0 Å². The van der Waals surface area contributed by atoms with Gasteiger partial charge in [0.2, 0.25) is 10.0 Å². The molecule has 1 aromatic rings. The molecular formula is C13H18N2O2S2. The van der Waals surface area contributed by atoms with Crippen LogP contribution in [0.3, 0.4) is 0 Å². The number of aryl methyl sites for hydroxylation is 1. The minimum Gasteiger partial charge on any atom is -0.211 e. The van der Waals surface area contributed by atoms with Crippen LogP contribution in [0.5, 0.6) is 0 Å². The second-order valence-corrected chi connectivity index (χ2v) is 7.18. The third kappa shape index (κ3) is 4.53. The van der Waals surface area contributed by atoms with Gasteiger partial charge in [-0.15, -0.1) is 0 Å². The van der Waals surface area contributed by atoms with Crippen molar-refractivity contribution in [2.75, 3.05) is 18.6 Å². The van der Waals surface area contributed by atoms with Crippen LogP contribution in [0.1, 0.15) is 18.1 Å². The van der Waals surface area contributed by atoms with Gasteiger partial charge < -0.3 is 0 Å². The van der Waals surface area contributed by atoms with Crippen LogP contribution < -0.4 is 4.72 Å². The Morgan fingerprint density at radius 2 is 2.16 bits per heavy atom. The molecule has 0 saturated carbocycles. The summed E-state index contributed by atoms with van der Waals surface area (Å²) in [7, 11) is -3.49. The van der Waals surface area contributed by atoms with E-state index in [1.165, 1.54) is 18.2 Å². The average molecular weight is 298 g/mol. The molecule has 0 aromatic heterocycles. The molecule has 1 rings (SSSR count). The van der Waals surface area contributed by atoms with Crippen LogP contribution in [0, 0.1) is 24.2 Å². The van der Waals surface area contributed by atoms with Gasteiger partial charge in [-0.3, -0.25) is 0 Å². The van der Waals surface area contributed by atoms with E-state index in [-0.39, 0.29) is 10.8 Å². The second-order valence-electron chi connectivity index (χ2n) is 4.50. The van der Waals surface area contributed by atoms with Crippen molar-refractivity contribution in [3.63, 3.8) is 0 Å². The Hall–Kier alpha value is -1.03. The van der Waals surface area contributed by atoms with Gasteiger partial charge in [-0.1, -0.05) is 6.92 Å². The lowest BCUT2D eigenvalue weighted by atomic mass is 10.1. The quantitative estimate of drug-likeness (QED) is 0.873. The van der Waals surface area contributed by atoms with E-state index in [1.54, 1.807) is 18.7 Å². The Labute approximate surface area is 119 Å². The number of hydrogen-bond acceptors (Lipinski definition) is 4. The molecule has 0 saturated heterocycles. The molecule has 1 unspecified atom stereocenters. The molecule has 0 spiro atoms. The first-order valence-corrected chi connectivity index (χ1v) is 8.77. The van der Waals surface area contributed by atoms with Gasteiger partial charge in [-0.2, -0.15) is 17.0 Å². The predicted octanol–water partition coefficient (Wildman–Crippen LogP) is 2.14. The number of nitrogens with zero attached hydrogens (tertiary/aromatic N) is 1. The van der Waals surface area contributed by atoms with E-state index in [1.807, 2.05) is 19.2 Å². The zero-order valence-electron chi connectivity index (χ0n) is 11.3. The summed E-state index contributed by atoms with van der Waals surface area (Å²) in [4.78, 5) is 0.209. The molecule has 0 aliphatic carbocycles. The maximum absolute atomic E-state index is 12.1. The normalized spacial score (nSPS) is 12.9. The minimum absolute atomic E-state index is 0.209. The molecule has 4 nitrogen and oxygen atoms in total.